The molecule has 2 aliphatic carbocycles. The van der Waals surface area contributed by atoms with Crippen molar-refractivity contribution in [1.82, 2.24) is 5.32 Å². The predicted molar refractivity (Wildman–Crippen MR) is 72.1 cm³/mol. The van der Waals surface area contributed by atoms with Crippen molar-refractivity contribution in [2.75, 3.05) is 12.3 Å². The number of carbonyl (C=O) groups excluding carboxylic acids is 1. The number of hydrogen-bond donors (Lipinski definition) is 2. The summed E-state index contributed by atoms with van der Waals surface area (Å²) in [5.41, 5.74) is 5.89. The number of amides is 1. The fourth-order valence-electron chi connectivity index (χ4n) is 2.79. The van der Waals surface area contributed by atoms with Gasteiger partial charge in [0.15, 0.2) is 0 Å². The molecule has 3 N–H and O–H groups in total. The number of nitrogen functional groups attached to an aromatic ring is 1. The van der Waals surface area contributed by atoms with Crippen LogP contribution in [0.3, 0.4) is 0 Å². The van der Waals surface area contributed by atoms with Crippen molar-refractivity contribution in [3.8, 4) is 0 Å². The van der Waals surface area contributed by atoms with Gasteiger partial charge >= 0.3 is 0 Å². The maximum atomic E-state index is 13.6. The molecule has 0 spiro atoms. The molecule has 2 aliphatic rings. The molecular weight excluding hydrogens is 243 g/mol. The lowest BCUT2D eigenvalue weighted by Crippen LogP contribution is -2.31. The van der Waals surface area contributed by atoms with Crippen molar-refractivity contribution in [2.24, 2.45) is 17.8 Å². The Labute approximate surface area is 112 Å². The number of benzene rings is 1. The largest absolute Gasteiger partial charge is 0.399 e. The van der Waals surface area contributed by atoms with Crippen molar-refractivity contribution in [3.63, 3.8) is 0 Å². The molecule has 1 aromatic carbocycles. The summed E-state index contributed by atoms with van der Waals surface area (Å²) in [5, 5.41) is 2.88. The third-order valence-corrected chi connectivity index (χ3v) is 4.19. The van der Waals surface area contributed by atoms with E-state index in [1.54, 1.807) is 6.07 Å². The van der Waals surface area contributed by atoms with E-state index in [1.165, 1.54) is 37.8 Å². The van der Waals surface area contributed by atoms with Crippen LogP contribution in [0.5, 0.6) is 0 Å². The molecule has 0 unspecified atom stereocenters. The Balaban J connectivity index is 1.61. The Morgan fingerprint density at radius 3 is 2.47 bits per heavy atom. The van der Waals surface area contributed by atoms with Crippen molar-refractivity contribution < 1.29 is 9.18 Å². The van der Waals surface area contributed by atoms with Gasteiger partial charge in [0.2, 0.25) is 0 Å². The third kappa shape index (κ3) is 2.88. The van der Waals surface area contributed by atoms with Crippen LogP contribution in [0.2, 0.25) is 0 Å². The molecular formula is C15H19FN2O. The second kappa shape index (κ2) is 4.83. The van der Waals surface area contributed by atoms with Crippen LogP contribution >= 0.6 is 0 Å². The molecule has 0 saturated heterocycles. The first-order valence-corrected chi connectivity index (χ1v) is 6.98. The average molecular weight is 262 g/mol. The maximum absolute atomic E-state index is 13.6. The quantitative estimate of drug-likeness (QED) is 0.801. The van der Waals surface area contributed by atoms with Gasteiger partial charge in [0, 0.05) is 12.2 Å². The van der Waals surface area contributed by atoms with Crippen LogP contribution in [-0.2, 0) is 0 Å². The molecule has 0 bridgehead atoms. The highest BCUT2D eigenvalue weighted by molar-refractivity contribution is 5.94. The SMILES string of the molecule is Nc1ccc(C(=O)NCC(C2CC2)C2CC2)c(F)c1. The Morgan fingerprint density at radius 1 is 1.32 bits per heavy atom. The summed E-state index contributed by atoms with van der Waals surface area (Å²) in [6.07, 6.45) is 5.14. The van der Waals surface area contributed by atoms with E-state index in [1.807, 2.05) is 0 Å². The Kier molecular flexibility index (Phi) is 3.17. The van der Waals surface area contributed by atoms with Gasteiger partial charge in [-0.2, -0.15) is 0 Å². The Morgan fingerprint density at radius 2 is 1.95 bits per heavy atom. The van der Waals surface area contributed by atoms with Crippen LogP contribution in [-0.4, -0.2) is 12.5 Å². The zero-order valence-corrected chi connectivity index (χ0v) is 10.9. The van der Waals surface area contributed by atoms with Crippen LogP contribution < -0.4 is 11.1 Å². The molecule has 19 heavy (non-hydrogen) atoms. The van der Waals surface area contributed by atoms with Gasteiger partial charge in [-0.25, -0.2) is 4.39 Å². The number of hydrogen-bond acceptors (Lipinski definition) is 2. The molecule has 0 atom stereocenters. The zero-order chi connectivity index (χ0) is 13.4. The number of nitrogens with two attached hydrogens (primary N) is 1. The summed E-state index contributed by atoms with van der Waals surface area (Å²) < 4.78 is 13.6. The number of anilines is 1. The molecule has 0 aliphatic heterocycles. The summed E-state index contributed by atoms with van der Waals surface area (Å²) in [4.78, 5) is 12.0. The highest BCUT2D eigenvalue weighted by Crippen LogP contribution is 2.48. The zero-order valence-electron chi connectivity index (χ0n) is 10.9. The first-order valence-electron chi connectivity index (χ1n) is 6.98. The van der Waals surface area contributed by atoms with E-state index in [9.17, 15) is 9.18 Å². The van der Waals surface area contributed by atoms with Gasteiger partial charge in [-0.3, -0.25) is 4.79 Å². The van der Waals surface area contributed by atoms with Gasteiger partial charge in [0.05, 0.1) is 5.56 Å². The minimum Gasteiger partial charge on any atom is -0.399 e. The summed E-state index contributed by atoms with van der Waals surface area (Å²) in [6.45, 7) is 0.679. The predicted octanol–water partition coefficient (Wildman–Crippen LogP) is 2.57. The van der Waals surface area contributed by atoms with Crippen molar-refractivity contribution in [1.29, 1.82) is 0 Å². The average Bonchev–Trinajstić information content (AvgIpc) is 3.23. The first kappa shape index (κ1) is 12.5. The summed E-state index contributed by atoms with van der Waals surface area (Å²) in [6, 6.07) is 4.19. The first-order chi connectivity index (χ1) is 9.15. The molecule has 102 valence electrons. The van der Waals surface area contributed by atoms with Gasteiger partial charge in [0.25, 0.3) is 5.91 Å². The highest BCUT2D eigenvalue weighted by atomic mass is 19.1. The second-order valence-corrected chi connectivity index (χ2v) is 5.79. The van der Waals surface area contributed by atoms with Gasteiger partial charge in [-0.05, 0) is 61.6 Å². The van der Waals surface area contributed by atoms with E-state index in [-0.39, 0.29) is 11.5 Å². The minimum atomic E-state index is -0.549. The fourth-order valence-corrected chi connectivity index (χ4v) is 2.79. The van der Waals surface area contributed by atoms with E-state index in [0.29, 0.717) is 18.2 Å². The lowest BCUT2D eigenvalue weighted by atomic mass is 9.98. The molecule has 1 amide bonds. The smallest absolute Gasteiger partial charge is 0.254 e. The van der Waals surface area contributed by atoms with Gasteiger partial charge in [-0.15, -0.1) is 0 Å². The van der Waals surface area contributed by atoms with Gasteiger partial charge in [0.1, 0.15) is 5.82 Å². The third-order valence-electron chi connectivity index (χ3n) is 4.19. The topological polar surface area (TPSA) is 55.1 Å². The summed E-state index contributed by atoms with van der Waals surface area (Å²) >= 11 is 0. The Hall–Kier alpha value is -1.58. The normalized spacial score (nSPS) is 18.6. The van der Waals surface area contributed by atoms with Crippen LogP contribution in [0.15, 0.2) is 18.2 Å². The molecule has 2 saturated carbocycles. The molecule has 0 radical (unpaired) electrons. The second-order valence-electron chi connectivity index (χ2n) is 5.79. The number of halogens is 1. The van der Waals surface area contributed by atoms with E-state index >= 15 is 0 Å². The van der Waals surface area contributed by atoms with Crippen molar-refractivity contribution in [2.45, 2.75) is 25.7 Å². The van der Waals surface area contributed by atoms with Crippen LogP contribution in [0, 0.1) is 23.6 Å². The van der Waals surface area contributed by atoms with E-state index < -0.39 is 5.82 Å². The van der Waals surface area contributed by atoms with Crippen LogP contribution in [0.1, 0.15) is 36.0 Å². The molecule has 2 fully saturated rings. The fraction of sp³-hybridized carbons (Fsp3) is 0.533. The van der Waals surface area contributed by atoms with E-state index in [4.69, 9.17) is 5.73 Å². The standard InChI is InChI=1S/C15H19FN2O/c16-14-7-11(17)5-6-12(14)15(19)18-8-13(9-1-2-9)10-3-4-10/h5-7,9-10,13H,1-4,8,17H2,(H,18,19). The number of rotatable bonds is 5. The number of carbonyl (C=O) groups is 1. The molecule has 1 aromatic rings. The molecule has 3 nitrogen and oxygen atoms in total. The van der Waals surface area contributed by atoms with Crippen LogP contribution in [0.25, 0.3) is 0 Å². The molecule has 0 aromatic heterocycles. The van der Waals surface area contributed by atoms with Gasteiger partial charge < -0.3 is 11.1 Å². The van der Waals surface area contributed by atoms with Crippen LogP contribution in [0.4, 0.5) is 10.1 Å². The van der Waals surface area contributed by atoms with Crippen molar-refractivity contribution >= 4 is 11.6 Å². The molecule has 0 heterocycles. The van der Waals surface area contributed by atoms with E-state index in [0.717, 1.165) is 11.8 Å². The lowest BCUT2D eigenvalue weighted by molar-refractivity contribution is 0.0939. The highest BCUT2D eigenvalue weighted by Gasteiger charge is 2.41. The minimum absolute atomic E-state index is 0.0829. The van der Waals surface area contributed by atoms with Crippen molar-refractivity contribution in [3.05, 3.63) is 29.6 Å². The monoisotopic (exact) mass is 262 g/mol. The summed E-state index contributed by atoms with van der Waals surface area (Å²) in [5.74, 6) is 1.28. The molecule has 3 rings (SSSR count). The van der Waals surface area contributed by atoms with E-state index in [2.05, 4.69) is 5.32 Å². The Bertz CT molecular complexity index is 483. The number of nitrogens with one attached hydrogen (secondary N) is 1. The van der Waals surface area contributed by atoms with Gasteiger partial charge in [-0.1, -0.05) is 0 Å². The lowest BCUT2D eigenvalue weighted by Gasteiger charge is -2.16. The molecule has 4 heteroatoms. The maximum Gasteiger partial charge on any atom is 0.254 e. The summed E-state index contributed by atoms with van der Waals surface area (Å²) in [7, 11) is 0.